The van der Waals surface area contributed by atoms with E-state index in [1.807, 2.05) is 60.0 Å². The molecule has 5 rings (SSSR count). The first kappa shape index (κ1) is 23.6. The van der Waals surface area contributed by atoms with E-state index in [2.05, 4.69) is 5.38 Å². The number of thiophene rings is 1. The third kappa shape index (κ3) is 4.60. The first-order valence-corrected chi connectivity index (χ1v) is 13.1. The molecule has 1 aliphatic heterocycles. The SMILES string of the molecule is COCc1ccccc1C1C(C(=O)CC2CCCC2)C(=O)C(=O)N1c1ccc(-c2ccsc2)cc1. The summed E-state index contributed by atoms with van der Waals surface area (Å²) in [5.41, 5.74) is 4.44. The molecule has 1 saturated carbocycles. The van der Waals surface area contributed by atoms with E-state index in [1.165, 1.54) is 4.90 Å². The van der Waals surface area contributed by atoms with E-state index in [1.54, 1.807) is 18.4 Å². The van der Waals surface area contributed by atoms with Crippen molar-refractivity contribution in [1.29, 1.82) is 0 Å². The normalized spacial score (nSPS) is 20.7. The van der Waals surface area contributed by atoms with Crippen molar-refractivity contribution in [3.8, 4) is 11.1 Å². The highest BCUT2D eigenvalue weighted by molar-refractivity contribution is 7.08. The lowest BCUT2D eigenvalue weighted by molar-refractivity contribution is -0.139. The zero-order valence-electron chi connectivity index (χ0n) is 19.8. The van der Waals surface area contributed by atoms with Crippen LogP contribution < -0.4 is 4.90 Å². The molecule has 1 saturated heterocycles. The van der Waals surface area contributed by atoms with Crippen molar-refractivity contribution in [1.82, 2.24) is 0 Å². The predicted octanol–water partition coefficient (Wildman–Crippen LogP) is 5.98. The molecule has 2 aliphatic rings. The number of amides is 1. The van der Waals surface area contributed by atoms with E-state index < -0.39 is 23.7 Å². The quantitative estimate of drug-likeness (QED) is 0.289. The summed E-state index contributed by atoms with van der Waals surface area (Å²) in [5, 5.41) is 4.09. The molecule has 3 aromatic rings. The average molecular weight is 488 g/mol. The molecule has 0 N–H and O–H groups in total. The van der Waals surface area contributed by atoms with E-state index >= 15 is 0 Å². The van der Waals surface area contributed by atoms with Crippen LogP contribution in [-0.4, -0.2) is 24.6 Å². The van der Waals surface area contributed by atoms with Crippen LogP contribution in [0.25, 0.3) is 11.1 Å². The molecule has 2 heterocycles. The minimum absolute atomic E-state index is 0.120. The first-order valence-electron chi connectivity index (χ1n) is 12.2. The minimum atomic E-state index is -1.00. The number of Topliss-reactive ketones (excluding diaryl/α,β-unsaturated/α-hetero) is 2. The largest absolute Gasteiger partial charge is 0.380 e. The van der Waals surface area contributed by atoms with Gasteiger partial charge in [-0.1, -0.05) is 62.1 Å². The van der Waals surface area contributed by atoms with Gasteiger partial charge in [0.05, 0.1) is 12.6 Å². The maximum atomic E-state index is 13.6. The van der Waals surface area contributed by atoms with E-state index in [0.29, 0.717) is 24.6 Å². The van der Waals surface area contributed by atoms with Crippen LogP contribution in [-0.2, 0) is 25.7 Å². The summed E-state index contributed by atoms with van der Waals surface area (Å²) in [6, 6.07) is 16.7. The number of ether oxygens (including phenoxy) is 1. The van der Waals surface area contributed by atoms with Gasteiger partial charge in [-0.25, -0.2) is 0 Å². The Morgan fingerprint density at radius 1 is 1.00 bits per heavy atom. The molecule has 0 spiro atoms. The van der Waals surface area contributed by atoms with Crippen molar-refractivity contribution in [2.24, 2.45) is 11.8 Å². The Morgan fingerprint density at radius 2 is 1.74 bits per heavy atom. The number of hydrogen-bond acceptors (Lipinski definition) is 5. The summed E-state index contributed by atoms with van der Waals surface area (Å²) >= 11 is 1.63. The molecule has 2 fully saturated rings. The molecule has 2 atom stereocenters. The number of methoxy groups -OCH3 is 1. The second-order valence-electron chi connectivity index (χ2n) is 9.47. The van der Waals surface area contributed by atoms with Gasteiger partial charge in [0.1, 0.15) is 11.7 Å². The van der Waals surface area contributed by atoms with Crippen LogP contribution in [0.5, 0.6) is 0 Å². The lowest BCUT2D eigenvalue weighted by Gasteiger charge is -2.29. The maximum Gasteiger partial charge on any atom is 0.295 e. The van der Waals surface area contributed by atoms with Gasteiger partial charge in [-0.2, -0.15) is 11.3 Å². The van der Waals surface area contributed by atoms with Crippen molar-refractivity contribution in [3.63, 3.8) is 0 Å². The first-order chi connectivity index (χ1) is 17.1. The Hall–Kier alpha value is -3.09. The van der Waals surface area contributed by atoms with E-state index in [4.69, 9.17) is 4.74 Å². The van der Waals surface area contributed by atoms with Crippen LogP contribution in [0, 0.1) is 11.8 Å². The zero-order chi connectivity index (χ0) is 24.4. The van der Waals surface area contributed by atoms with E-state index in [9.17, 15) is 14.4 Å². The second kappa shape index (κ2) is 10.3. The second-order valence-corrected chi connectivity index (χ2v) is 10.3. The Morgan fingerprint density at radius 3 is 2.43 bits per heavy atom. The molecule has 2 unspecified atom stereocenters. The summed E-state index contributed by atoms with van der Waals surface area (Å²) in [4.78, 5) is 41.9. The van der Waals surface area contributed by atoms with Crippen LogP contribution in [0.2, 0.25) is 0 Å². The fraction of sp³-hybridized carbons (Fsp3) is 0.345. The molecule has 0 radical (unpaired) electrons. The predicted molar refractivity (Wildman–Crippen MR) is 137 cm³/mol. The van der Waals surface area contributed by atoms with Gasteiger partial charge in [0.15, 0.2) is 0 Å². The van der Waals surface area contributed by atoms with Gasteiger partial charge in [-0.05, 0) is 57.1 Å². The average Bonchev–Trinajstić information content (AvgIpc) is 3.63. The molecular formula is C29H29NO4S. The van der Waals surface area contributed by atoms with Gasteiger partial charge in [-0.15, -0.1) is 0 Å². The zero-order valence-corrected chi connectivity index (χ0v) is 20.6. The van der Waals surface area contributed by atoms with Crippen LogP contribution in [0.15, 0.2) is 65.4 Å². The molecule has 1 aliphatic carbocycles. The lowest BCUT2D eigenvalue weighted by Crippen LogP contribution is -2.31. The molecule has 1 aromatic heterocycles. The fourth-order valence-electron chi connectivity index (χ4n) is 5.57. The number of anilines is 1. The standard InChI is InChI=1S/C29H29NO4S/c1-34-17-21-8-4-5-9-24(21)27-26(25(31)16-19-6-2-3-7-19)28(32)29(33)30(27)23-12-10-20(11-13-23)22-14-15-35-18-22/h4-5,8-15,18-19,26-27H,2-3,6-7,16-17H2,1H3. The van der Waals surface area contributed by atoms with Crippen molar-refractivity contribution >= 4 is 34.5 Å². The fourth-order valence-corrected chi connectivity index (χ4v) is 6.23. The van der Waals surface area contributed by atoms with Crippen LogP contribution >= 0.6 is 11.3 Å². The number of rotatable bonds is 8. The van der Waals surface area contributed by atoms with Crippen molar-refractivity contribution in [3.05, 3.63) is 76.5 Å². The number of benzene rings is 2. The Labute approximate surface area is 209 Å². The Kier molecular flexibility index (Phi) is 6.93. The third-order valence-corrected chi connectivity index (χ3v) is 7.97. The van der Waals surface area contributed by atoms with Gasteiger partial charge in [0.25, 0.3) is 5.91 Å². The van der Waals surface area contributed by atoms with E-state index in [-0.39, 0.29) is 5.78 Å². The van der Waals surface area contributed by atoms with Gasteiger partial charge >= 0.3 is 0 Å². The number of hydrogen-bond donors (Lipinski definition) is 0. The lowest BCUT2D eigenvalue weighted by atomic mass is 9.83. The van der Waals surface area contributed by atoms with Crippen molar-refractivity contribution in [2.75, 3.05) is 12.0 Å². The summed E-state index contributed by atoms with van der Waals surface area (Å²) < 4.78 is 5.41. The molecular weight excluding hydrogens is 458 g/mol. The molecule has 1 amide bonds. The third-order valence-electron chi connectivity index (χ3n) is 7.29. The molecule has 2 aromatic carbocycles. The smallest absolute Gasteiger partial charge is 0.295 e. The summed E-state index contributed by atoms with van der Waals surface area (Å²) in [7, 11) is 1.62. The highest BCUT2D eigenvalue weighted by Gasteiger charge is 2.52. The van der Waals surface area contributed by atoms with E-state index in [0.717, 1.165) is 47.9 Å². The number of carbonyl (C=O) groups is 3. The van der Waals surface area contributed by atoms with Gasteiger partial charge in [0, 0.05) is 19.2 Å². The minimum Gasteiger partial charge on any atom is -0.380 e. The molecule has 5 nitrogen and oxygen atoms in total. The number of nitrogens with zero attached hydrogens (tertiary/aromatic N) is 1. The monoisotopic (exact) mass is 487 g/mol. The maximum absolute atomic E-state index is 13.6. The van der Waals surface area contributed by atoms with Crippen LogP contribution in [0.3, 0.4) is 0 Å². The Balaban J connectivity index is 1.56. The highest BCUT2D eigenvalue weighted by Crippen LogP contribution is 2.43. The van der Waals surface area contributed by atoms with Crippen molar-refractivity contribution in [2.45, 2.75) is 44.8 Å². The molecule has 6 heteroatoms. The van der Waals surface area contributed by atoms with Gasteiger partial charge in [0.2, 0.25) is 5.78 Å². The highest BCUT2D eigenvalue weighted by atomic mass is 32.1. The molecule has 180 valence electrons. The van der Waals surface area contributed by atoms with Crippen LogP contribution in [0.4, 0.5) is 5.69 Å². The summed E-state index contributed by atoms with van der Waals surface area (Å²) in [6.07, 6.45) is 4.63. The topological polar surface area (TPSA) is 63.7 Å². The molecule has 0 bridgehead atoms. The Bertz CT molecular complexity index is 1210. The number of carbonyl (C=O) groups excluding carboxylic acids is 3. The van der Waals surface area contributed by atoms with Crippen LogP contribution in [0.1, 0.15) is 49.3 Å². The summed E-state index contributed by atoms with van der Waals surface area (Å²) in [5.74, 6) is -2.04. The summed E-state index contributed by atoms with van der Waals surface area (Å²) in [6.45, 7) is 0.337. The number of ketones is 2. The van der Waals surface area contributed by atoms with Crippen molar-refractivity contribution < 1.29 is 19.1 Å². The van der Waals surface area contributed by atoms with Gasteiger partial charge in [-0.3, -0.25) is 19.3 Å². The van der Waals surface area contributed by atoms with Gasteiger partial charge < -0.3 is 4.74 Å². The molecule has 35 heavy (non-hydrogen) atoms.